The SMILES string of the molecule is CC(N)C(O)CCC1(C)OC=CO1. The van der Waals surface area contributed by atoms with E-state index in [-0.39, 0.29) is 6.04 Å². The molecule has 0 aromatic heterocycles. The quantitative estimate of drug-likeness (QED) is 0.680. The van der Waals surface area contributed by atoms with Gasteiger partial charge < -0.3 is 20.3 Å². The van der Waals surface area contributed by atoms with Gasteiger partial charge in [-0.2, -0.15) is 0 Å². The van der Waals surface area contributed by atoms with Crippen molar-refractivity contribution in [2.45, 2.75) is 44.6 Å². The van der Waals surface area contributed by atoms with Crippen LogP contribution in [0.3, 0.4) is 0 Å². The Morgan fingerprint density at radius 1 is 1.46 bits per heavy atom. The van der Waals surface area contributed by atoms with Gasteiger partial charge in [0.15, 0.2) is 0 Å². The van der Waals surface area contributed by atoms with Crippen LogP contribution in [-0.4, -0.2) is 23.0 Å². The molecule has 1 aliphatic heterocycles. The van der Waals surface area contributed by atoms with Gasteiger partial charge in [-0.25, -0.2) is 0 Å². The molecule has 1 aliphatic rings. The van der Waals surface area contributed by atoms with Crippen LogP contribution in [0.4, 0.5) is 0 Å². The largest absolute Gasteiger partial charge is 0.457 e. The van der Waals surface area contributed by atoms with Gasteiger partial charge in [-0.3, -0.25) is 0 Å². The van der Waals surface area contributed by atoms with Crippen LogP contribution < -0.4 is 5.73 Å². The molecule has 0 bridgehead atoms. The Morgan fingerprint density at radius 2 is 2.00 bits per heavy atom. The number of hydrogen-bond donors (Lipinski definition) is 2. The lowest BCUT2D eigenvalue weighted by Crippen LogP contribution is -2.34. The molecule has 0 aliphatic carbocycles. The topological polar surface area (TPSA) is 64.7 Å². The Morgan fingerprint density at radius 3 is 2.46 bits per heavy atom. The summed E-state index contributed by atoms with van der Waals surface area (Å²) < 4.78 is 10.4. The maximum absolute atomic E-state index is 9.44. The fourth-order valence-electron chi connectivity index (χ4n) is 1.16. The minimum Gasteiger partial charge on any atom is -0.457 e. The molecule has 0 radical (unpaired) electrons. The molecule has 4 heteroatoms. The first-order chi connectivity index (χ1) is 6.03. The molecule has 0 spiro atoms. The van der Waals surface area contributed by atoms with Crippen LogP contribution >= 0.6 is 0 Å². The number of nitrogens with two attached hydrogens (primary N) is 1. The number of aliphatic hydroxyl groups is 1. The van der Waals surface area contributed by atoms with Gasteiger partial charge in [0.05, 0.1) is 6.10 Å². The van der Waals surface area contributed by atoms with E-state index in [1.807, 2.05) is 6.92 Å². The lowest BCUT2D eigenvalue weighted by atomic mass is 10.0. The first-order valence-corrected chi connectivity index (χ1v) is 4.48. The highest BCUT2D eigenvalue weighted by Crippen LogP contribution is 2.25. The molecule has 0 aromatic carbocycles. The summed E-state index contributed by atoms with van der Waals surface area (Å²) in [6, 6.07) is -0.210. The van der Waals surface area contributed by atoms with Gasteiger partial charge in [-0.15, -0.1) is 0 Å². The highest BCUT2D eigenvalue weighted by atomic mass is 16.7. The third-order valence-electron chi connectivity index (χ3n) is 2.19. The van der Waals surface area contributed by atoms with Crippen LogP contribution in [0.25, 0.3) is 0 Å². The van der Waals surface area contributed by atoms with E-state index < -0.39 is 11.9 Å². The second kappa shape index (κ2) is 3.98. The van der Waals surface area contributed by atoms with E-state index in [0.29, 0.717) is 12.8 Å². The summed E-state index contributed by atoms with van der Waals surface area (Å²) in [7, 11) is 0. The highest BCUT2D eigenvalue weighted by Gasteiger charge is 2.30. The molecule has 76 valence electrons. The average molecular weight is 187 g/mol. The summed E-state index contributed by atoms with van der Waals surface area (Å²) in [5, 5.41) is 9.44. The maximum atomic E-state index is 9.44. The fraction of sp³-hybridized carbons (Fsp3) is 0.778. The molecule has 2 atom stereocenters. The summed E-state index contributed by atoms with van der Waals surface area (Å²) in [5.41, 5.74) is 5.52. The third kappa shape index (κ3) is 2.90. The summed E-state index contributed by atoms with van der Waals surface area (Å²) in [6.45, 7) is 3.61. The van der Waals surface area contributed by atoms with Gasteiger partial charge in [0.2, 0.25) is 5.79 Å². The van der Waals surface area contributed by atoms with E-state index in [9.17, 15) is 5.11 Å². The lowest BCUT2D eigenvalue weighted by Gasteiger charge is -2.24. The molecule has 3 N–H and O–H groups in total. The van der Waals surface area contributed by atoms with Crippen molar-refractivity contribution in [2.75, 3.05) is 0 Å². The molecule has 0 amide bonds. The first kappa shape index (κ1) is 10.3. The van der Waals surface area contributed by atoms with Gasteiger partial charge in [-0.05, 0) is 13.3 Å². The molecule has 0 saturated heterocycles. The highest BCUT2D eigenvalue weighted by molar-refractivity contribution is 4.81. The van der Waals surface area contributed by atoms with Crippen molar-refractivity contribution < 1.29 is 14.6 Å². The van der Waals surface area contributed by atoms with Crippen molar-refractivity contribution >= 4 is 0 Å². The average Bonchev–Trinajstić information content (AvgIpc) is 2.48. The summed E-state index contributed by atoms with van der Waals surface area (Å²) in [6.07, 6.45) is 3.74. The summed E-state index contributed by atoms with van der Waals surface area (Å²) in [5.74, 6) is -0.615. The second-order valence-corrected chi connectivity index (χ2v) is 3.61. The monoisotopic (exact) mass is 187 g/mol. The van der Waals surface area contributed by atoms with E-state index in [1.54, 1.807) is 6.92 Å². The number of hydrogen-bond acceptors (Lipinski definition) is 4. The molecule has 2 unspecified atom stereocenters. The molecule has 0 fully saturated rings. The Bertz CT molecular complexity index is 183. The maximum Gasteiger partial charge on any atom is 0.247 e. The molecular formula is C9H17NO3. The minimum absolute atomic E-state index is 0.210. The standard InChI is InChI=1S/C9H17NO3/c1-7(10)8(11)3-4-9(2)12-5-6-13-9/h5-8,11H,3-4,10H2,1-2H3. The van der Waals surface area contributed by atoms with Crippen LogP contribution in [0.15, 0.2) is 12.5 Å². The molecule has 13 heavy (non-hydrogen) atoms. The van der Waals surface area contributed by atoms with E-state index in [2.05, 4.69) is 0 Å². The van der Waals surface area contributed by atoms with Crippen molar-refractivity contribution in [1.82, 2.24) is 0 Å². The Hall–Kier alpha value is -0.740. The van der Waals surface area contributed by atoms with Crippen molar-refractivity contribution in [2.24, 2.45) is 5.73 Å². The summed E-state index contributed by atoms with van der Waals surface area (Å²) >= 11 is 0. The zero-order valence-electron chi connectivity index (χ0n) is 8.06. The molecule has 1 rings (SSSR count). The third-order valence-corrected chi connectivity index (χ3v) is 2.19. The molecule has 4 nitrogen and oxygen atoms in total. The van der Waals surface area contributed by atoms with E-state index >= 15 is 0 Å². The van der Waals surface area contributed by atoms with Crippen LogP contribution in [0.5, 0.6) is 0 Å². The summed E-state index contributed by atoms with van der Waals surface area (Å²) in [4.78, 5) is 0. The smallest absolute Gasteiger partial charge is 0.247 e. The van der Waals surface area contributed by atoms with E-state index in [1.165, 1.54) is 12.5 Å². The van der Waals surface area contributed by atoms with Gasteiger partial charge in [0.25, 0.3) is 0 Å². The van der Waals surface area contributed by atoms with Crippen LogP contribution in [-0.2, 0) is 9.47 Å². The van der Waals surface area contributed by atoms with Crippen molar-refractivity contribution in [1.29, 1.82) is 0 Å². The molecule has 0 saturated carbocycles. The van der Waals surface area contributed by atoms with Crippen LogP contribution in [0.2, 0.25) is 0 Å². The predicted molar refractivity (Wildman–Crippen MR) is 48.6 cm³/mol. The van der Waals surface area contributed by atoms with E-state index in [4.69, 9.17) is 15.2 Å². The normalized spacial score (nSPS) is 23.4. The van der Waals surface area contributed by atoms with Crippen molar-refractivity contribution in [3.63, 3.8) is 0 Å². The van der Waals surface area contributed by atoms with Crippen LogP contribution in [0, 0.1) is 0 Å². The van der Waals surface area contributed by atoms with Gasteiger partial charge in [0.1, 0.15) is 12.5 Å². The van der Waals surface area contributed by atoms with Crippen LogP contribution in [0.1, 0.15) is 26.7 Å². The lowest BCUT2D eigenvalue weighted by molar-refractivity contribution is -0.136. The predicted octanol–water partition coefficient (Wildman–Crippen LogP) is 0.709. The molecular weight excluding hydrogens is 170 g/mol. The number of ether oxygens (including phenoxy) is 2. The Kier molecular flexibility index (Phi) is 3.17. The Balaban J connectivity index is 2.25. The van der Waals surface area contributed by atoms with Crippen molar-refractivity contribution in [3.05, 3.63) is 12.5 Å². The Labute approximate surface area is 78.3 Å². The molecule has 1 heterocycles. The number of aliphatic hydroxyl groups excluding tert-OH is 1. The zero-order chi connectivity index (χ0) is 9.90. The van der Waals surface area contributed by atoms with Gasteiger partial charge in [0, 0.05) is 19.4 Å². The second-order valence-electron chi connectivity index (χ2n) is 3.61. The first-order valence-electron chi connectivity index (χ1n) is 4.48. The van der Waals surface area contributed by atoms with E-state index in [0.717, 1.165) is 0 Å². The number of rotatable bonds is 4. The molecule has 0 aromatic rings. The fourth-order valence-corrected chi connectivity index (χ4v) is 1.16. The minimum atomic E-state index is -0.615. The van der Waals surface area contributed by atoms with Gasteiger partial charge >= 0.3 is 0 Å². The van der Waals surface area contributed by atoms with Crippen molar-refractivity contribution in [3.8, 4) is 0 Å². The van der Waals surface area contributed by atoms with Gasteiger partial charge in [-0.1, -0.05) is 0 Å². The zero-order valence-corrected chi connectivity index (χ0v) is 8.06.